The van der Waals surface area contributed by atoms with Crippen LogP contribution in [-0.4, -0.2) is 68.5 Å². The minimum absolute atomic E-state index is 0.142. The normalized spacial score (nSPS) is 34.0. The summed E-state index contributed by atoms with van der Waals surface area (Å²) in [6.07, 6.45) is 2.02. The van der Waals surface area contributed by atoms with Crippen LogP contribution in [0.5, 0.6) is 0 Å². The van der Waals surface area contributed by atoms with Crippen LogP contribution in [0.3, 0.4) is 0 Å². The Morgan fingerprint density at radius 3 is 2.83 bits per heavy atom. The average Bonchev–Trinajstić information content (AvgIpc) is 3.54. The summed E-state index contributed by atoms with van der Waals surface area (Å²) >= 11 is 10.9. The molecule has 0 spiro atoms. The number of fused-ring (bicyclic) bond motifs is 3. The number of anilines is 3. The van der Waals surface area contributed by atoms with Gasteiger partial charge in [0.2, 0.25) is 0 Å². The van der Waals surface area contributed by atoms with Gasteiger partial charge in [0.1, 0.15) is 24.2 Å². The Balaban J connectivity index is 1.20. The molecule has 220 valence electrons. The molecule has 0 amide bonds. The van der Waals surface area contributed by atoms with Crippen LogP contribution in [0, 0.1) is 5.92 Å². The molecule has 0 radical (unpaired) electrons. The number of ether oxygens (including phenoxy) is 1. The van der Waals surface area contributed by atoms with Gasteiger partial charge in [-0.15, -0.1) is 0 Å². The van der Waals surface area contributed by atoms with E-state index in [9.17, 15) is 9.69 Å². The zero-order valence-corrected chi connectivity index (χ0v) is 24.9. The quantitative estimate of drug-likeness (QED) is 0.104. The third-order valence-electron chi connectivity index (χ3n) is 7.46. The van der Waals surface area contributed by atoms with Crippen molar-refractivity contribution in [1.29, 1.82) is 0 Å². The fourth-order valence-electron chi connectivity index (χ4n) is 5.28. The fourth-order valence-corrected chi connectivity index (χ4v) is 8.27. The second-order valence-electron chi connectivity index (χ2n) is 9.87. The molecule has 2 saturated heterocycles. The summed E-state index contributed by atoms with van der Waals surface area (Å²) in [6.45, 7) is -3.65. The first-order valence-corrected chi connectivity index (χ1v) is 17.6. The molecule has 3 fully saturated rings. The molecule has 1 aliphatic carbocycles. The van der Waals surface area contributed by atoms with Crippen molar-refractivity contribution < 1.29 is 32.5 Å². The van der Waals surface area contributed by atoms with Gasteiger partial charge in [-0.2, -0.15) is 0 Å². The molecule has 15 nitrogen and oxygen atoms in total. The van der Waals surface area contributed by atoms with Crippen molar-refractivity contribution in [3.63, 3.8) is 0 Å². The number of aromatic nitrogens is 4. The number of nitrogen functional groups attached to an aromatic ring is 2. The summed E-state index contributed by atoms with van der Waals surface area (Å²) in [4.78, 5) is 35.0. The molecule has 1 aromatic carbocycles. The van der Waals surface area contributed by atoms with Crippen LogP contribution < -0.4 is 22.3 Å². The monoisotopic (exact) mass is 642 g/mol. The maximum Gasteiger partial charge on any atom is 0.324 e. The zero-order chi connectivity index (χ0) is 28.9. The van der Waals surface area contributed by atoms with Crippen LogP contribution in [-0.2, 0) is 46.4 Å². The molecule has 3 aliphatic rings. The van der Waals surface area contributed by atoms with Gasteiger partial charge in [-0.1, -0.05) is 6.07 Å². The Kier molecular flexibility index (Phi) is 8.13. The summed E-state index contributed by atoms with van der Waals surface area (Å²) < 4.78 is 31.9. The van der Waals surface area contributed by atoms with Gasteiger partial charge in [0.05, 0.1) is 49.2 Å². The molecule has 3 aromatic rings. The Hall–Kier alpha value is -2.14. The smallest absolute Gasteiger partial charge is 0.324 e. The van der Waals surface area contributed by atoms with Crippen molar-refractivity contribution >= 4 is 72.1 Å². The van der Waals surface area contributed by atoms with E-state index in [4.69, 9.17) is 63.8 Å². The molecule has 6 rings (SSSR count). The predicted molar refractivity (Wildman–Crippen MR) is 157 cm³/mol. The van der Waals surface area contributed by atoms with Crippen LogP contribution in [0.1, 0.15) is 29.2 Å². The second-order valence-corrected chi connectivity index (χ2v) is 14.7. The standard InChI is InChI=1S/C22H28N8O7P2S2/c23-18-11(6-31)2-1-3-13(18)30(25)17-5-15-16(35-17)8-34-39(32,41)37-20-12(7-33-38(40)36-15)4-14(20)29-10-28-19-21(24)26-9-27-22(19)29/h1-3,6,9-10,12,14-17,20,38H,4-5,7-8,23,25H2,(H,32,41)(H2,24,26,27)/t12?,14?,15-,16?,17?,20?,39?/m0/s1. The molecule has 1 saturated carbocycles. The van der Waals surface area contributed by atoms with E-state index >= 15 is 0 Å². The Bertz CT molecular complexity index is 1550. The molecule has 7 unspecified atom stereocenters. The van der Waals surface area contributed by atoms with E-state index in [2.05, 4.69) is 15.0 Å². The number of carbonyl (C=O) groups is 1. The highest BCUT2D eigenvalue weighted by Crippen LogP contribution is 2.55. The van der Waals surface area contributed by atoms with E-state index in [0.717, 1.165) is 0 Å². The van der Waals surface area contributed by atoms with E-state index < -0.39 is 38.4 Å². The van der Waals surface area contributed by atoms with E-state index in [1.165, 1.54) is 11.3 Å². The highest BCUT2D eigenvalue weighted by molar-refractivity contribution is 8.07. The average molecular weight is 643 g/mol. The highest BCUT2D eigenvalue weighted by atomic mass is 32.5. The SMILES string of the molecule is Nc1c(C=O)cccc1N(N)C1C[C@@H]2O[PH](=S)OCC3CC(n4cnc5c(N)ncnc54)C3OP(O)(=S)OCC2O1. The lowest BCUT2D eigenvalue weighted by molar-refractivity contribution is -0.0581. The van der Waals surface area contributed by atoms with Crippen molar-refractivity contribution in [2.45, 2.75) is 43.4 Å². The lowest BCUT2D eigenvalue weighted by Gasteiger charge is -2.45. The topological polar surface area (TPSA) is 208 Å². The maximum absolute atomic E-state index is 11.3. The van der Waals surface area contributed by atoms with Crippen LogP contribution in [0.2, 0.25) is 0 Å². The summed E-state index contributed by atoms with van der Waals surface area (Å²) in [7, 11) is -2.14. The number of aldehydes is 1. The third-order valence-corrected chi connectivity index (χ3v) is 10.6. The van der Waals surface area contributed by atoms with E-state index in [1.807, 2.05) is 4.57 Å². The number of para-hydroxylation sites is 1. The number of hydrogen-bond donors (Lipinski definition) is 4. The van der Waals surface area contributed by atoms with E-state index in [0.29, 0.717) is 41.5 Å². The summed E-state index contributed by atoms with van der Waals surface area (Å²) in [5, 5.41) is 1.33. The molecule has 2 aliphatic heterocycles. The minimum atomic E-state index is -3.74. The molecule has 4 heterocycles. The van der Waals surface area contributed by atoms with Gasteiger partial charge in [0, 0.05) is 17.9 Å². The molecule has 7 N–H and O–H groups in total. The first kappa shape index (κ1) is 29.0. The van der Waals surface area contributed by atoms with Gasteiger partial charge in [0.15, 0.2) is 24.9 Å². The van der Waals surface area contributed by atoms with Gasteiger partial charge in [-0.3, -0.25) is 9.80 Å². The summed E-state index contributed by atoms with van der Waals surface area (Å²) in [5.74, 6) is 6.49. The van der Waals surface area contributed by atoms with Gasteiger partial charge in [-0.05, 0) is 42.2 Å². The first-order valence-electron chi connectivity index (χ1n) is 12.6. The number of hydrazine groups is 1. The number of nitrogens with zero attached hydrogens (tertiary/aromatic N) is 5. The van der Waals surface area contributed by atoms with Crippen LogP contribution in [0.15, 0.2) is 30.9 Å². The molecule has 8 atom stereocenters. The highest BCUT2D eigenvalue weighted by Gasteiger charge is 2.48. The van der Waals surface area contributed by atoms with Crippen molar-refractivity contribution in [2.75, 3.05) is 29.7 Å². The predicted octanol–water partition coefficient (Wildman–Crippen LogP) is 1.40. The lowest BCUT2D eigenvalue weighted by Crippen LogP contribution is -2.46. The van der Waals surface area contributed by atoms with Crippen LogP contribution >= 0.6 is 13.9 Å². The minimum Gasteiger partial charge on any atom is -0.396 e. The van der Waals surface area contributed by atoms with Gasteiger partial charge < -0.3 is 43.8 Å². The lowest BCUT2D eigenvalue weighted by atomic mass is 9.77. The summed E-state index contributed by atoms with van der Waals surface area (Å²) in [6, 6.07) is 4.68. The van der Waals surface area contributed by atoms with Crippen molar-refractivity contribution in [3.8, 4) is 0 Å². The number of hydrogen-bond acceptors (Lipinski definition) is 15. The molecular formula is C22H28N8O7P2S2. The molecule has 2 aromatic heterocycles. The Morgan fingerprint density at radius 1 is 1.20 bits per heavy atom. The number of benzene rings is 1. The van der Waals surface area contributed by atoms with Crippen molar-refractivity contribution in [2.24, 2.45) is 11.8 Å². The number of imidazole rings is 1. The number of nitrogens with two attached hydrogens (primary N) is 3. The van der Waals surface area contributed by atoms with E-state index in [-0.39, 0.29) is 36.7 Å². The molecule has 19 heteroatoms. The van der Waals surface area contributed by atoms with Gasteiger partial charge in [-0.25, -0.2) is 20.8 Å². The van der Waals surface area contributed by atoms with Crippen molar-refractivity contribution in [3.05, 3.63) is 36.4 Å². The Labute approximate surface area is 245 Å². The molecular weight excluding hydrogens is 614 g/mol. The molecule has 41 heavy (non-hydrogen) atoms. The zero-order valence-electron chi connectivity index (χ0n) is 21.4. The van der Waals surface area contributed by atoms with E-state index in [1.54, 1.807) is 24.5 Å². The van der Waals surface area contributed by atoms with Crippen LogP contribution in [0.25, 0.3) is 11.2 Å². The van der Waals surface area contributed by atoms with Gasteiger partial charge >= 0.3 is 6.72 Å². The first-order chi connectivity index (χ1) is 19.6. The third kappa shape index (κ3) is 5.65. The number of carbonyl (C=O) groups excluding carboxylic acids is 1. The Morgan fingerprint density at radius 2 is 2.02 bits per heavy atom. The van der Waals surface area contributed by atoms with Gasteiger partial charge in [0.25, 0.3) is 0 Å². The van der Waals surface area contributed by atoms with Crippen molar-refractivity contribution in [1.82, 2.24) is 19.5 Å². The summed E-state index contributed by atoms with van der Waals surface area (Å²) in [5.41, 5.74) is 14.0. The largest absolute Gasteiger partial charge is 0.396 e. The second kappa shape index (κ2) is 11.5. The fraction of sp³-hybridized carbons (Fsp3) is 0.455. The van der Waals surface area contributed by atoms with Crippen LogP contribution in [0.4, 0.5) is 17.2 Å². The number of rotatable bonds is 4. The molecule has 0 bridgehead atoms. The maximum atomic E-state index is 11.3.